The zero-order valence-corrected chi connectivity index (χ0v) is 12.4. The highest BCUT2D eigenvalue weighted by molar-refractivity contribution is 9.10. The van der Waals surface area contributed by atoms with E-state index in [1.807, 2.05) is 25.1 Å². The average Bonchev–Trinajstić information content (AvgIpc) is 2.33. The minimum atomic E-state index is -0.766. The van der Waals surface area contributed by atoms with Gasteiger partial charge in [-0.1, -0.05) is 15.9 Å². The molecule has 1 atom stereocenters. The van der Waals surface area contributed by atoms with Gasteiger partial charge in [-0.2, -0.15) is 0 Å². The molecule has 4 nitrogen and oxygen atoms in total. The highest BCUT2D eigenvalue weighted by atomic mass is 79.9. The van der Waals surface area contributed by atoms with E-state index in [4.69, 9.17) is 10.2 Å². The Hall–Kier alpha value is -0.560. The third-order valence-corrected chi connectivity index (χ3v) is 4.17. The summed E-state index contributed by atoms with van der Waals surface area (Å²) < 4.78 is 1.00. The summed E-state index contributed by atoms with van der Waals surface area (Å²) in [5.41, 5.74) is 1.81. The number of carbonyl (C=O) groups is 1. The van der Waals surface area contributed by atoms with Crippen LogP contribution in [-0.4, -0.2) is 40.3 Å². The lowest BCUT2D eigenvalue weighted by Crippen LogP contribution is -2.19. The molecule has 1 rings (SSSR count). The molecule has 0 bridgehead atoms. The van der Waals surface area contributed by atoms with E-state index in [9.17, 15) is 4.79 Å². The lowest BCUT2D eigenvalue weighted by Gasteiger charge is -2.08. The molecule has 0 aliphatic heterocycles. The molecular weight excluding hydrogens is 318 g/mol. The number of amides is 1. The molecule has 0 fully saturated rings. The smallest absolute Gasteiger partial charge is 0.234 e. The first-order chi connectivity index (χ1) is 8.52. The van der Waals surface area contributed by atoms with Crippen molar-refractivity contribution in [1.82, 2.24) is 0 Å². The predicted octanol–water partition coefficient (Wildman–Crippen LogP) is 1.78. The predicted molar refractivity (Wildman–Crippen MR) is 77.9 cm³/mol. The van der Waals surface area contributed by atoms with Gasteiger partial charge in [0.15, 0.2) is 0 Å². The molecule has 100 valence electrons. The maximum absolute atomic E-state index is 11.6. The van der Waals surface area contributed by atoms with Gasteiger partial charge in [-0.15, -0.1) is 11.8 Å². The van der Waals surface area contributed by atoms with Crippen molar-refractivity contribution >= 4 is 39.3 Å². The fraction of sp³-hybridized carbons (Fsp3) is 0.417. The number of hydrogen-bond donors (Lipinski definition) is 3. The van der Waals surface area contributed by atoms with E-state index in [0.29, 0.717) is 5.75 Å². The van der Waals surface area contributed by atoms with E-state index < -0.39 is 6.10 Å². The first-order valence-electron chi connectivity index (χ1n) is 5.45. The maximum atomic E-state index is 11.6. The van der Waals surface area contributed by atoms with Gasteiger partial charge in [-0.05, 0) is 30.7 Å². The first-order valence-corrected chi connectivity index (χ1v) is 7.40. The van der Waals surface area contributed by atoms with Gasteiger partial charge >= 0.3 is 0 Å². The maximum Gasteiger partial charge on any atom is 0.234 e. The van der Waals surface area contributed by atoms with Gasteiger partial charge in [0.1, 0.15) is 0 Å². The second-order valence-electron chi connectivity index (χ2n) is 3.86. The Balaban J connectivity index is 2.38. The quantitative estimate of drug-likeness (QED) is 0.742. The van der Waals surface area contributed by atoms with Crippen molar-refractivity contribution in [2.45, 2.75) is 13.0 Å². The normalized spacial score (nSPS) is 12.2. The van der Waals surface area contributed by atoms with Crippen LogP contribution in [0, 0.1) is 6.92 Å². The molecule has 0 saturated heterocycles. The summed E-state index contributed by atoms with van der Waals surface area (Å²) in [6, 6.07) is 5.59. The van der Waals surface area contributed by atoms with Crippen molar-refractivity contribution < 1.29 is 15.0 Å². The summed E-state index contributed by atoms with van der Waals surface area (Å²) in [5, 5.41) is 20.5. The number of benzene rings is 1. The molecule has 1 amide bonds. The summed E-state index contributed by atoms with van der Waals surface area (Å²) in [7, 11) is 0. The third kappa shape index (κ3) is 5.39. The number of hydrogen-bond acceptors (Lipinski definition) is 4. The molecule has 0 saturated carbocycles. The molecule has 0 spiro atoms. The Morgan fingerprint density at radius 1 is 1.56 bits per heavy atom. The number of carbonyl (C=O) groups excluding carboxylic acids is 1. The highest BCUT2D eigenvalue weighted by Gasteiger charge is 2.06. The van der Waals surface area contributed by atoms with Gasteiger partial charge in [0.25, 0.3) is 0 Å². The zero-order chi connectivity index (χ0) is 13.5. The molecule has 0 aliphatic rings. The Morgan fingerprint density at radius 3 is 2.89 bits per heavy atom. The molecule has 0 radical (unpaired) electrons. The van der Waals surface area contributed by atoms with E-state index in [0.717, 1.165) is 15.7 Å². The van der Waals surface area contributed by atoms with Crippen molar-refractivity contribution in [2.75, 3.05) is 23.4 Å². The number of aryl methyl sites for hydroxylation is 1. The van der Waals surface area contributed by atoms with Gasteiger partial charge in [0.2, 0.25) is 5.91 Å². The molecular formula is C12H16BrNO3S. The molecule has 3 N–H and O–H groups in total. The summed E-state index contributed by atoms with van der Waals surface area (Å²) >= 11 is 4.68. The topological polar surface area (TPSA) is 69.6 Å². The van der Waals surface area contributed by atoms with Crippen LogP contribution in [-0.2, 0) is 4.79 Å². The molecule has 1 unspecified atom stereocenters. The monoisotopic (exact) mass is 333 g/mol. The minimum absolute atomic E-state index is 0.119. The van der Waals surface area contributed by atoms with Crippen LogP contribution in [0.15, 0.2) is 22.7 Å². The molecule has 6 heteroatoms. The number of nitrogens with one attached hydrogen (secondary N) is 1. The summed E-state index contributed by atoms with van der Waals surface area (Å²) in [6.07, 6.45) is -0.766. The van der Waals surface area contributed by atoms with E-state index in [1.165, 1.54) is 11.8 Å². The Labute approximate surface area is 119 Å². The average molecular weight is 334 g/mol. The van der Waals surface area contributed by atoms with Crippen LogP contribution in [0.25, 0.3) is 0 Å². The van der Waals surface area contributed by atoms with Crippen molar-refractivity contribution in [3.05, 3.63) is 28.2 Å². The summed E-state index contributed by atoms with van der Waals surface area (Å²) in [6.45, 7) is 1.67. The van der Waals surface area contributed by atoms with E-state index in [2.05, 4.69) is 21.2 Å². The van der Waals surface area contributed by atoms with Gasteiger partial charge < -0.3 is 15.5 Å². The number of aliphatic hydroxyl groups is 2. The highest BCUT2D eigenvalue weighted by Crippen LogP contribution is 2.20. The van der Waals surface area contributed by atoms with Crippen molar-refractivity contribution in [3.63, 3.8) is 0 Å². The number of thioether (sulfide) groups is 1. The molecule has 0 heterocycles. The Bertz CT molecular complexity index is 414. The fourth-order valence-electron chi connectivity index (χ4n) is 1.26. The summed E-state index contributed by atoms with van der Waals surface area (Å²) in [5.74, 6) is 0.488. The van der Waals surface area contributed by atoms with E-state index in [-0.39, 0.29) is 18.3 Å². The van der Waals surface area contributed by atoms with Crippen LogP contribution in [0.4, 0.5) is 5.69 Å². The second-order valence-corrected chi connectivity index (χ2v) is 5.75. The van der Waals surface area contributed by atoms with Crippen molar-refractivity contribution in [1.29, 1.82) is 0 Å². The largest absolute Gasteiger partial charge is 0.394 e. The zero-order valence-electron chi connectivity index (χ0n) is 10.0. The molecule has 1 aromatic carbocycles. The van der Waals surface area contributed by atoms with Crippen LogP contribution < -0.4 is 5.32 Å². The van der Waals surface area contributed by atoms with Crippen LogP contribution in [0.3, 0.4) is 0 Å². The first kappa shape index (κ1) is 15.5. The van der Waals surface area contributed by atoms with Gasteiger partial charge in [-0.3, -0.25) is 4.79 Å². The van der Waals surface area contributed by atoms with Crippen LogP contribution in [0.5, 0.6) is 0 Å². The minimum Gasteiger partial charge on any atom is -0.394 e. The van der Waals surface area contributed by atoms with Crippen LogP contribution in [0.2, 0.25) is 0 Å². The van der Waals surface area contributed by atoms with Gasteiger partial charge in [0.05, 0.1) is 18.5 Å². The fourth-order valence-corrected chi connectivity index (χ4v) is 2.26. The molecule has 0 aromatic heterocycles. The van der Waals surface area contributed by atoms with Gasteiger partial charge in [-0.25, -0.2) is 0 Å². The lowest BCUT2D eigenvalue weighted by molar-refractivity contribution is -0.113. The SMILES string of the molecule is Cc1cc(NC(=O)CSCC(O)CO)ccc1Br. The molecule has 18 heavy (non-hydrogen) atoms. The Morgan fingerprint density at radius 2 is 2.28 bits per heavy atom. The Kier molecular flexibility index (Phi) is 6.70. The van der Waals surface area contributed by atoms with Crippen molar-refractivity contribution in [3.8, 4) is 0 Å². The third-order valence-electron chi connectivity index (χ3n) is 2.20. The molecule has 1 aromatic rings. The lowest BCUT2D eigenvalue weighted by atomic mass is 10.2. The number of anilines is 1. The second kappa shape index (κ2) is 7.78. The number of aliphatic hydroxyl groups excluding tert-OH is 2. The van der Waals surface area contributed by atoms with E-state index in [1.54, 1.807) is 0 Å². The van der Waals surface area contributed by atoms with E-state index >= 15 is 0 Å². The van der Waals surface area contributed by atoms with Crippen LogP contribution in [0.1, 0.15) is 5.56 Å². The molecule has 0 aliphatic carbocycles. The van der Waals surface area contributed by atoms with Crippen LogP contribution >= 0.6 is 27.7 Å². The van der Waals surface area contributed by atoms with Crippen molar-refractivity contribution in [2.24, 2.45) is 0 Å². The van der Waals surface area contributed by atoms with Gasteiger partial charge in [0, 0.05) is 15.9 Å². The summed E-state index contributed by atoms with van der Waals surface area (Å²) in [4.78, 5) is 11.6. The number of rotatable bonds is 6. The standard InChI is InChI=1S/C12H16BrNO3S/c1-8-4-9(2-3-11(8)13)14-12(17)7-18-6-10(16)5-15/h2-4,10,15-16H,5-7H2,1H3,(H,14,17). The number of halogens is 1.